The molecule has 0 bridgehead atoms. The molecule has 1 aromatic heterocycles. The number of carboxylic acids is 1. The van der Waals surface area contributed by atoms with Gasteiger partial charge in [0.05, 0.1) is 18.1 Å². The van der Waals surface area contributed by atoms with Gasteiger partial charge in [0, 0.05) is 25.6 Å². The second-order valence-electron chi connectivity index (χ2n) is 6.48. The minimum atomic E-state index is -3.77. The first-order valence-electron chi connectivity index (χ1n) is 7.92. The molecule has 3 rings (SSSR count). The van der Waals surface area contributed by atoms with Crippen LogP contribution in [0.4, 0.5) is 0 Å². The molecule has 3 heterocycles. The maximum Gasteiger partial charge on any atom is 0.311 e. The van der Waals surface area contributed by atoms with E-state index in [0.717, 1.165) is 11.3 Å². The first-order valence-corrected chi connectivity index (χ1v) is 10.3. The Balaban J connectivity index is 1.72. The van der Waals surface area contributed by atoms with Gasteiger partial charge in [0.2, 0.25) is 5.91 Å². The number of aliphatic carboxylic acids is 1. The van der Waals surface area contributed by atoms with Gasteiger partial charge in [0.25, 0.3) is 10.0 Å². The predicted octanol–water partition coefficient (Wildman–Crippen LogP) is 0.365. The number of ether oxygens (including phenoxy) is 1. The van der Waals surface area contributed by atoms with Crippen LogP contribution in [-0.4, -0.2) is 62.6 Å². The molecule has 3 atom stereocenters. The third kappa shape index (κ3) is 3.31. The summed E-state index contributed by atoms with van der Waals surface area (Å²) >= 11 is 1.07. The molecule has 0 saturated carbocycles. The van der Waals surface area contributed by atoms with Crippen molar-refractivity contribution in [2.24, 2.45) is 11.3 Å². The van der Waals surface area contributed by atoms with Gasteiger partial charge in [0.15, 0.2) is 0 Å². The van der Waals surface area contributed by atoms with Gasteiger partial charge in [-0.25, -0.2) is 8.42 Å². The summed E-state index contributed by atoms with van der Waals surface area (Å²) in [6.45, 7) is 2.46. The fourth-order valence-corrected chi connectivity index (χ4v) is 5.71. The van der Waals surface area contributed by atoms with E-state index in [2.05, 4.69) is 4.72 Å². The number of nitrogens with one attached hydrogen (secondary N) is 1. The standard InChI is InChI=1S/C15H20N2O6S2/c1-10(16-25(21,22)12-3-2-6-24-12)13(18)17-7-11-8-23-5-4-15(11,9-17)14(19)20/h2-3,6,10-11,16H,4-5,7-9H2,1H3,(H,19,20)/t10?,11-,15+/m0/s1. The lowest BCUT2D eigenvalue weighted by Gasteiger charge is -2.33. The monoisotopic (exact) mass is 388 g/mol. The lowest BCUT2D eigenvalue weighted by molar-refractivity contribution is -0.157. The topological polar surface area (TPSA) is 113 Å². The number of likely N-dealkylation sites (tertiary alicyclic amines) is 1. The molecule has 1 aromatic rings. The molecule has 0 spiro atoms. The van der Waals surface area contributed by atoms with Crippen LogP contribution in [0.15, 0.2) is 21.7 Å². The van der Waals surface area contributed by atoms with Gasteiger partial charge >= 0.3 is 5.97 Å². The van der Waals surface area contributed by atoms with Crippen LogP contribution in [0.1, 0.15) is 13.3 Å². The third-order valence-electron chi connectivity index (χ3n) is 4.91. The summed E-state index contributed by atoms with van der Waals surface area (Å²) in [5.41, 5.74) is -1.000. The number of hydrogen-bond donors (Lipinski definition) is 2. The minimum Gasteiger partial charge on any atom is -0.481 e. The van der Waals surface area contributed by atoms with E-state index in [9.17, 15) is 23.1 Å². The predicted molar refractivity (Wildman–Crippen MR) is 89.7 cm³/mol. The lowest BCUT2D eigenvalue weighted by atomic mass is 9.74. The Labute approximate surface area is 149 Å². The van der Waals surface area contributed by atoms with E-state index in [0.29, 0.717) is 19.6 Å². The quantitative estimate of drug-likeness (QED) is 0.753. The number of amides is 1. The second kappa shape index (κ2) is 6.67. The number of nitrogens with zero attached hydrogens (tertiary/aromatic N) is 1. The minimum absolute atomic E-state index is 0.0836. The van der Waals surface area contributed by atoms with Gasteiger partial charge in [-0.05, 0) is 24.8 Å². The Hall–Kier alpha value is -1.49. The fraction of sp³-hybridized carbons (Fsp3) is 0.600. The van der Waals surface area contributed by atoms with Crippen LogP contribution in [0, 0.1) is 11.3 Å². The summed E-state index contributed by atoms with van der Waals surface area (Å²) < 4.78 is 32.4. The summed E-state index contributed by atoms with van der Waals surface area (Å²) in [5, 5.41) is 11.3. The number of thiophene rings is 1. The molecule has 8 nitrogen and oxygen atoms in total. The highest BCUT2D eigenvalue weighted by Gasteiger charge is 2.55. The Morgan fingerprint density at radius 2 is 2.28 bits per heavy atom. The Morgan fingerprint density at radius 3 is 2.88 bits per heavy atom. The molecule has 2 saturated heterocycles. The van der Waals surface area contributed by atoms with E-state index >= 15 is 0 Å². The summed E-state index contributed by atoms with van der Waals surface area (Å²) in [6.07, 6.45) is 0.353. The van der Waals surface area contributed by atoms with Gasteiger partial charge in [-0.2, -0.15) is 4.72 Å². The first kappa shape index (κ1) is 18.3. The Morgan fingerprint density at radius 1 is 1.52 bits per heavy atom. The average molecular weight is 388 g/mol. The number of hydrogen-bond acceptors (Lipinski definition) is 6. The van der Waals surface area contributed by atoms with E-state index < -0.39 is 33.4 Å². The summed E-state index contributed by atoms with van der Waals surface area (Å²) in [7, 11) is -3.77. The van der Waals surface area contributed by atoms with Gasteiger partial charge in [-0.15, -0.1) is 11.3 Å². The van der Waals surface area contributed by atoms with E-state index in [4.69, 9.17) is 4.74 Å². The molecule has 10 heteroatoms. The van der Waals surface area contributed by atoms with Crippen molar-refractivity contribution in [1.29, 1.82) is 0 Å². The molecule has 2 aliphatic rings. The highest BCUT2D eigenvalue weighted by Crippen LogP contribution is 2.42. The van der Waals surface area contributed by atoms with Gasteiger partial charge in [-0.1, -0.05) is 6.07 Å². The van der Waals surface area contributed by atoms with Crippen molar-refractivity contribution in [3.05, 3.63) is 17.5 Å². The molecule has 1 unspecified atom stereocenters. The van der Waals surface area contributed by atoms with Gasteiger partial charge in [-0.3, -0.25) is 9.59 Å². The molecule has 0 radical (unpaired) electrons. The van der Waals surface area contributed by atoms with Crippen LogP contribution in [0.25, 0.3) is 0 Å². The number of fused-ring (bicyclic) bond motifs is 1. The van der Waals surface area contributed by atoms with Crippen molar-refractivity contribution in [2.75, 3.05) is 26.3 Å². The molecule has 2 N–H and O–H groups in total. The van der Waals surface area contributed by atoms with Crippen molar-refractivity contribution in [1.82, 2.24) is 9.62 Å². The van der Waals surface area contributed by atoms with Gasteiger partial charge in [0.1, 0.15) is 4.21 Å². The lowest BCUT2D eigenvalue weighted by Crippen LogP contribution is -2.47. The molecule has 2 aliphatic heterocycles. The van der Waals surface area contributed by atoms with Crippen molar-refractivity contribution < 1.29 is 27.9 Å². The first-order chi connectivity index (χ1) is 11.8. The molecule has 138 valence electrons. The summed E-state index contributed by atoms with van der Waals surface area (Å²) in [4.78, 5) is 25.9. The molecular formula is C15H20N2O6S2. The second-order valence-corrected chi connectivity index (χ2v) is 9.37. The van der Waals surface area contributed by atoms with E-state index in [1.165, 1.54) is 17.9 Å². The zero-order chi connectivity index (χ0) is 18.2. The Bertz CT molecular complexity index is 763. The molecule has 0 aromatic carbocycles. The number of rotatable bonds is 5. The van der Waals surface area contributed by atoms with Crippen LogP contribution >= 0.6 is 11.3 Å². The molecule has 1 amide bonds. The van der Waals surface area contributed by atoms with Crippen molar-refractivity contribution >= 4 is 33.2 Å². The fourth-order valence-electron chi connectivity index (χ4n) is 3.50. The van der Waals surface area contributed by atoms with E-state index in [1.807, 2.05) is 0 Å². The number of carboxylic acid groups (broad SMARTS) is 1. The molecule has 0 aliphatic carbocycles. The van der Waals surface area contributed by atoms with Crippen molar-refractivity contribution in [2.45, 2.75) is 23.6 Å². The zero-order valence-corrected chi connectivity index (χ0v) is 15.3. The third-order valence-corrected chi connectivity index (χ3v) is 7.84. The smallest absolute Gasteiger partial charge is 0.311 e. The maximum absolute atomic E-state index is 12.7. The zero-order valence-electron chi connectivity index (χ0n) is 13.7. The number of sulfonamides is 1. The van der Waals surface area contributed by atoms with Crippen LogP contribution < -0.4 is 4.72 Å². The molecule has 2 fully saturated rings. The largest absolute Gasteiger partial charge is 0.481 e. The van der Waals surface area contributed by atoms with E-state index in [-0.39, 0.29) is 23.2 Å². The van der Waals surface area contributed by atoms with E-state index in [1.54, 1.807) is 11.4 Å². The number of carbonyl (C=O) groups is 2. The summed E-state index contributed by atoms with van der Waals surface area (Å²) in [6, 6.07) is 2.11. The SMILES string of the molecule is CC(NS(=O)(=O)c1cccs1)C(=O)N1C[C@H]2COCC[C@@]2(C(=O)O)C1. The average Bonchev–Trinajstić information content (AvgIpc) is 3.22. The van der Waals surface area contributed by atoms with Crippen molar-refractivity contribution in [3.63, 3.8) is 0 Å². The summed E-state index contributed by atoms with van der Waals surface area (Å²) in [5.74, 6) is -1.62. The highest BCUT2D eigenvalue weighted by molar-refractivity contribution is 7.91. The normalized spacial score (nSPS) is 27.7. The molecule has 25 heavy (non-hydrogen) atoms. The van der Waals surface area contributed by atoms with Gasteiger partial charge < -0.3 is 14.7 Å². The van der Waals surface area contributed by atoms with Crippen LogP contribution in [-0.2, 0) is 24.3 Å². The maximum atomic E-state index is 12.7. The molecular weight excluding hydrogens is 368 g/mol. The van der Waals surface area contributed by atoms with Crippen LogP contribution in [0.3, 0.4) is 0 Å². The highest BCUT2D eigenvalue weighted by atomic mass is 32.2. The van der Waals surface area contributed by atoms with Crippen molar-refractivity contribution in [3.8, 4) is 0 Å². The number of carbonyl (C=O) groups excluding carboxylic acids is 1. The Kier molecular flexibility index (Phi) is 4.89. The van der Waals surface area contributed by atoms with Crippen LogP contribution in [0.2, 0.25) is 0 Å². The van der Waals surface area contributed by atoms with Crippen LogP contribution in [0.5, 0.6) is 0 Å².